The van der Waals surface area contributed by atoms with Gasteiger partial charge in [-0.2, -0.15) is 5.10 Å². The number of ether oxygens (including phenoxy) is 3. The van der Waals surface area contributed by atoms with Gasteiger partial charge in [0.2, 0.25) is 11.8 Å². The molecule has 1 aliphatic rings. The molecule has 4 rings (SSSR count). The highest BCUT2D eigenvalue weighted by molar-refractivity contribution is 8.00. The molecule has 0 spiro atoms. The second-order valence-corrected chi connectivity index (χ2v) is 11.3. The van der Waals surface area contributed by atoms with Crippen LogP contribution in [0.3, 0.4) is 0 Å². The zero-order valence-electron chi connectivity index (χ0n) is 23.3. The summed E-state index contributed by atoms with van der Waals surface area (Å²) in [5, 5.41) is 7.70. The SMILES string of the molecule is COCCNC(=O)CN1C(=O)CS[C@@H](c2ccccc2OC)c2c(C(C)(C)C)nn(-c3ccc(OC)cc3)c21. The van der Waals surface area contributed by atoms with Crippen molar-refractivity contribution in [2.75, 3.05) is 51.7 Å². The Morgan fingerprint density at radius 1 is 1.08 bits per heavy atom. The third-order valence-corrected chi connectivity index (χ3v) is 7.70. The Kier molecular flexibility index (Phi) is 8.87. The van der Waals surface area contributed by atoms with Crippen molar-refractivity contribution in [1.82, 2.24) is 15.1 Å². The molecule has 39 heavy (non-hydrogen) atoms. The van der Waals surface area contributed by atoms with Crippen molar-refractivity contribution in [2.24, 2.45) is 0 Å². The van der Waals surface area contributed by atoms with Gasteiger partial charge in [0.25, 0.3) is 0 Å². The molecule has 0 saturated heterocycles. The number of thioether (sulfide) groups is 1. The van der Waals surface area contributed by atoms with E-state index in [1.165, 1.54) is 11.8 Å². The van der Waals surface area contributed by atoms with Crippen molar-refractivity contribution in [2.45, 2.75) is 31.4 Å². The zero-order chi connectivity index (χ0) is 28.2. The summed E-state index contributed by atoms with van der Waals surface area (Å²) in [5.74, 6) is 1.77. The topological polar surface area (TPSA) is 94.9 Å². The van der Waals surface area contributed by atoms with Crippen LogP contribution < -0.4 is 19.7 Å². The smallest absolute Gasteiger partial charge is 0.240 e. The largest absolute Gasteiger partial charge is 0.497 e. The number of nitrogens with zero attached hydrogens (tertiary/aromatic N) is 3. The number of carbonyl (C=O) groups excluding carboxylic acids is 2. The average molecular weight is 553 g/mol. The molecule has 1 aliphatic heterocycles. The number of nitrogens with one attached hydrogen (secondary N) is 1. The van der Waals surface area contributed by atoms with E-state index in [0.29, 0.717) is 24.7 Å². The maximum absolute atomic E-state index is 13.7. The monoisotopic (exact) mass is 552 g/mol. The number of para-hydroxylation sites is 1. The van der Waals surface area contributed by atoms with Crippen LogP contribution in [0.2, 0.25) is 0 Å². The van der Waals surface area contributed by atoms with Crippen LogP contribution in [0.15, 0.2) is 48.5 Å². The Bertz CT molecular complexity index is 1320. The molecule has 0 saturated carbocycles. The molecule has 1 N–H and O–H groups in total. The summed E-state index contributed by atoms with van der Waals surface area (Å²) in [5.41, 5.74) is 3.08. The van der Waals surface area contributed by atoms with Crippen molar-refractivity contribution in [1.29, 1.82) is 0 Å². The van der Waals surface area contributed by atoms with Gasteiger partial charge >= 0.3 is 0 Å². The summed E-state index contributed by atoms with van der Waals surface area (Å²) in [4.78, 5) is 28.3. The molecule has 0 bridgehead atoms. The van der Waals surface area contributed by atoms with E-state index >= 15 is 0 Å². The first-order valence-corrected chi connectivity index (χ1v) is 13.8. The number of hydrogen-bond acceptors (Lipinski definition) is 7. The summed E-state index contributed by atoms with van der Waals surface area (Å²) >= 11 is 1.52. The van der Waals surface area contributed by atoms with Crippen molar-refractivity contribution in [3.63, 3.8) is 0 Å². The van der Waals surface area contributed by atoms with Gasteiger partial charge in [0, 0.05) is 30.2 Å². The first-order valence-electron chi connectivity index (χ1n) is 12.8. The van der Waals surface area contributed by atoms with Gasteiger partial charge in [-0.05, 0) is 30.3 Å². The summed E-state index contributed by atoms with van der Waals surface area (Å²) in [7, 11) is 4.84. The minimum absolute atomic E-state index is 0.139. The van der Waals surface area contributed by atoms with Crippen LogP contribution in [0, 0.1) is 0 Å². The summed E-state index contributed by atoms with van der Waals surface area (Å²) in [6.45, 7) is 6.91. The highest BCUT2D eigenvalue weighted by Gasteiger charge is 2.40. The molecule has 9 nitrogen and oxygen atoms in total. The van der Waals surface area contributed by atoms with Gasteiger partial charge in [0.15, 0.2) is 0 Å². The van der Waals surface area contributed by atoms with Crippen LogP contribution in [0.25, 0.3) is 5.69 Å². The summed E-state index contributed by atoms with van der Waals surface area (Å²) in [6, 6.07) is 15.4. The zero-order valence-corrected chi connectivity index (χ0v) is 24.1. The Morgan fingerprint density at radius 2 is 1.79 bits per heavy atom. The van der Waals surface area contributed by atoms with Gasteiger partial charge in [0.1, 0.15) is 23.9 Å². The lowest BCUT2D eigenvalue weighted by atomic mass is 9.87. The van der Waals surface area contributed by atoms with Crippen molar-refractivity contribution >= 4 is 29.4 Å². The molecule has 208 valence electrons. The number of amides is 2. The molecule has 0 unspecified atom stereocenters. The second-order valence-electron chi connectivity index (χ2n) is 10.2. The fraction of sp³-hybridized carbons (Fsp3) is 0.414. The molecule has 1 atom stereocenters. The Balaban J connectivity index is 1.97. The van der Waals surface area contributed by atoms with E-state index in [0.717, 1.165) is 28.3 Å². The minimum Gasteiger partial charge on any atom is -0.497 e. The third-order valence-electron chi connectivity index (χ3n) is 6.47. The van der Waals surface area contributed by atoms with Gasteiger partial charge in [-0.25, -0.2) is 4.68 Å². The van der Waals surface area contributed by atoms with Crippen molar-refractivity contribution in [3.8, 4) is 17.2 Å². The number of fused-ring (bicyclic) bond motifs is 1. The number of rotatable bonds is 9. The second kappa shape index (κ2) is 12.1. The van der Waals surface area contributed by atoms with E-state index < -0.39 is 0 Å². The average Bonchev–Trinajstić information content (AvgIpc) is 3.27. The van der Waals surface area contributed by atoms with Crippen LogP contribution >= 0.6 is 11.8 Å². The molecular formula is C29H36N4O5S. The van der Waals surface area contributed by atoms with Gasteiger partial charge in [-0.3, -0.25) is 14.5 Å². The van der Waals surface area contributed by atoms with Crippen LogP contribution in [0.1, 0.15) is 42.8 Å². The van der Waals surface area contributed by atoms with E-state index in [9.17, 15) is 9.59 Å². The molecule has 1 aromatic heterocycles. The minimum atomic E-state index is -0.359. The molecule has 2 heterocycles. The number of hydrogen-bond donors (Lipinski definition) is 1. The maximum atomic E-state index is 13.7. The lowest BCUT2D eigenvalue weighted by Crippen LogP contribution is -2.43. The molecule has 10 heteroatoms. The van der Waals surface area contributed by atoms with E-state index in [4.69, 9.17) is 19.3 Å². The van der Waals surface area contributed by atoms with Crippen molar-refractivity contribution < 1.29 is 23.8 Å². The number of benzene rings is 2. The normalized spacial score (nSPS) is 15.5. The highest BCUT2D eigenvalue weighted by atomic mass is 32.2. The molecule has 2 aromatic carbocycles. The fourth-order valence-electron chi connectivity index (χ4n) is 4.60. The van der Waals surface area contributed by atoms with Crippen LogP contribution in [0.5, 0.6) is 11.5 Å². The predicted molar refractivity (Wildman–Crippen MR) is 153 cm³/mol. The predicted octanol–water partition coefficient (Wildman–Crippen LogP) is 4.12. The number of carbonyl (C=O) groups is 2. The van der Waals surface area contributed by atoms with Crippen LogP contribution in [-0.4, -0.2) is 68.4 Å². The molecule has 0 aliphatic carbocycles. The number of anilines is 1. The molecular weight excluding hydrogens is 516 g/mol. The Morgan fingerprint density at radius 3 is 2.44 bits per heavy atom. The fourth-order valence-corrected chi connectivity index (χ4v) is 5.82. The van der Waals surface area contributed by atoms with Crippen LogP contribution in [-0.2, 0) is 19.7 Å². The third kappa shape index (κ3) is 6.07. The molecule has 2 amide bonds. The number of aromatic nitrogens is 2. The maximum Gasteiger partial charge on any atom is 0.240 e. The standard InChI is InChI=1S/C29H36N4O5S/c1-29(2,3)27-25-26(21-9-7-8-10-22(21)38-6)39-18-24(35)32(17-23(34)30-15-16-36-4)28(25)33(31-27)19-11-13-20(37-5)14-12-19/h7-14,26H,15-18H2,1-6H3,(H,30,34)/t26-/m0/s1. The Labute approximate surface area is 233 Å². The first kappa shape index (κ1) is 28.5. The van der Waals surface area contributed by atoms with E-state index in [1.54, 1.807) is 30.9 Å². The quantitative estimate of drug-likeness (QED) is 0.399. The van der Waals surface area contributed by atoms with Crippen LogP contribution in [0.4, 0.5) is 5.82 Å². The summed E-state index contributed by atoms with van der Waals surface area (Å²) < 4.78 is 17.9. The molecule has 0 radical (unpaired) electrons. The van der Waals surface area contributed by atoms with E-state index in [1.807, 2.05) is 48.5 Å². The van der Waals surface area contributed by atoms with E-state index in [-0.39, 0.29) is 34.8 Å². The van der Waals surface area contributed by atoms with E-state index in [2.05, 4.69) is 26.1 Å². The lowest BCUT2D eigenvalue weighted by molar-refractivity contribution is -0.123. The molecule has 0 fully saturated rings. The lowest BCUT2D eigenvalue weighted by Gasteiger charge is -2.25. The number of methoxy groups -OCH3 is 3. The first-order chi connectivity index (χ1) is 18.7. The van der Waals surface area contributed by atoms with Gasteiger partial charge < -0.3 is 19.5 Å². The van der Waals surface area contributed by atoms with Gasteiger partial charge in [-0.15, -0.1) is 11.8 Å². The van der Waals surface area contributed by atoms with Crippen molar-refractivity contribution in [3.05, 3.63) is 65.4 Å². The van der Waals surface area contributed by atoms with Gasteiger partial charge in [0.05, 0.1) is 43.2 Å². The Hall–Kier alpha value is -3.50. The van der Waals surface area contributed by atoms with Gasteiger partial charge in [-0.1, -0.05) is 39.0 Å². The molecule has 3 aromatic rings. The highest BCUT2D eigenvalue weighted by Crippen LogP contribution is 2.50. The summed E-state index contributed by atoms with van der Waals surface area (Å²) in [6.07, 6.45) is 0.